The molecule has 0 radical (unpaired) electrons. The number of benzene rings is 2. The average Bonchev–Trinajstić information content (AvgIpc) is 3.28. The van der Waals surface area contributed by atoms with Gasteiger partial charge < -0.3 is 0 Å². The predicted molar refractivity (Wildman–Crippen MR) is 118 cm³/mol. The van der Waals surface area contributed by atoms with Crippen LogP contribution in [0.2, 0.25) is 0 Å². The number of anilines is 1. The van der Waals surface area contributed by atoms with E-state index in [2.05, 4.69) is 9.98 Å². The van der Waals surface area contributed by atoms with Crippen LogP contribution in [0, 0.1) is 11.6 Å². The summed E-state index contributed by atoms with van der Waals surface area (Å²) in [6.45, 7) is 0. The molecule has 5 nitrogen and oxygen atoms in total. The van der Waals surface area contributed by atoms with Gasteiger partial charge in [0.15, 0.2) is 0 Å². The molecule has 0 spiro atoms. The SMILES string of the molecule is CN(c1ccc(-c2ccc(C3CCC(c4c(F)cccc4F)=N3)cc2)nc1)S(=O)(=O)C(F)(F)F. The average molecular weight is 495 g/mol. The number of hydrogen-bond acceptors (Lipinski definition) is 4. The van der Waals surface area contributed by atoms with E-state index in [-0.39, 0.29) is 21.6 Å². The lowest BCUT2D eigenvalue weighted by Gasteiger charge is -2.20. The second-order valence-corrected chi connectivity index (χ2v) is 9.63. The molecule has 0 bridgehead atoms. The summed E-state index contributed by atoms with van der Waals surface area (Å²) in [7, 11) is -4.71. The molecule has 2 heterocycles. The Hall–Kier alpha value is -3.34. The Morgan fingerprint density at radius 2 is 1.62 bits per heavy atom. The molecule has 4 rings (SSSR count). The van der Waals surface area contributed by atoms with Crippen molar-refractivity contribution in [3.63, 3.8) is 0 Å². The van der Waals surface area contributed by atoms with Gasteiger partial charge in [0.05, 0.1) is 29.2 Å². The minimum absolute atomic E-state index is 0.108. The van der Waals surface area contributed by atoms with Crippen molar-refractivity contribution in [2.75, 3.05) is 11.4 Å². The van der Waals surface area contributed by atoms with Gasteiger partial charge in [-0.3, -0.25) is 14.3 Å². The molecule has 0 N–H and O–H groups in total. The first-order valence-corrected chi connectivity index (χ1v) is 11.6. The Labute approximate surface area is 192 Å². The Morgan fingerprint density at radius 3 is 2.18 bits per heavy atom. The molecule has 1 aromatic heterocycles. The quantitative estimate of drug-likeness (QED) is 0.431. The van der Waals surface area contributed by atoms with Crippen LogP contribution in [0.1, 0.15) is 30.0 Å². The van der Waals surface area contributed by atoms with Gasteiger partial charge in [0.2, 0.25) is 0 Å². The van der Waals surface area contributed by atoms with Crippen molar-refractivity contribution in [2.24, 2.45) is 4.99 Å². The van der Waals surface area contributed by atoms with Crippen LogP contribution in [0.5, 0.6) is 0 Å². The fourth-order valence-corrected chi connectivity index (χ4v) is 4.40. The summed E-state index contributed by atoms with van der Waals surface area (Å²) in [6, 6.07) is 13.1. The van der Waals surface area contributed by atoms with Gasteiger partial charge in [-0.15, -0.1) is 0 Å². The first-order chi connectivity index (χ1) is 16.0. The lowest BCUT2D eigenvalue weighted by atomic mass is 10.0. The summed E-state index contributed by atoms with van der Waals surface area (Å²) >= 11 is 0. The van der Waals surface area contributed by atoms with E-state index in [0.717, 1.165) is 18.8 Å². The number of aliphatic imine (C=N–C) groups is 1. The molecule has 0 amide bonds. The number of nitrogens with zero attached hydrogens (tertiary/aromatic N) is 3. The van der Waals surface area contributed by atoms with Crippen LogP contribution < -0.4 is 4.31 Å². The zero-order valence-electron chi connectivity index (χ0n) is 17.7. The number of sulfonamides is 1. The van der Waals surface area contributed by atoms with Crippen molar-refractivity contribution in [3.05, 3.63) is 83.6 Å². The first-order valence-electron chi connectivity index (χ1n) is 10.1. The van der Waals surface area contributed by atoms with E-state index in [1.807, 2.05) is 0 Å². The van der Waals surface area contributed by atoms with Gasteiger partial charge in [-0.2, -0.15) is 21.6 Å². The molecule has 0 saturated heterocycles. The lowest BCUT2D eigenvalue weighted by molar-refractivity contribution is -0.0437. The van der Waals surface area contributed by atoms with Gasteiger partial charge in [0, 0.05) is 18.3 Å². The maximum atomic E-state index is 14.1. The third kappa shape index (κ3) is 4.39. The normalized spacial score (nSPS) is 16.4. The number of aromatic nitrogens is 1. The molecule has 0 fully saturated rings. The molecule has 11 heteroatoms. The van der Waals surface area contributed by atoms with Gasteiger partial charge in [0.25, 0.3) is 0 Å². The van der Waals surface area contributed by atoms with E-state index in [4.69, 9.17) is 0 Å². The molecular formula is C23H18F5N3O2S. The molecule has 1 aliphatic rings. The molecule has 1 atom stereocenters. The summed E-state index contributed by atoms with van der Waals surface area (Å²) in [4.78, 5) is 8.57. The first kappa shape index (κ1) is 23.8. The minimum Gasteiger partial charge on any atom is -0.281 e. The zero-order valence-corrected chi connectivity index (χ0v) is 18.5. The molecule has 1 unspecified atom stereocenters. The van der Waals surface area contributed by atoms with E-state index in [1.165, 1.54) is 30.3 Å². The zero-order chi connectivity index (χ0) is 24.7. The highest BCUT2D eigenvalue weighted by Crippen LogP contribution is 2.34. The van der Waals surface area contributed by atoms with Gasteiger partial charge in [-0.05, 0) is 42.7 Å². The summed E-state index contributed by atoms with van der Waals surface area (Å²) in [6.07, 6.45) is 2.07. The Kier molecular flexibility index (Phi) is 6.15. The van der Waals surface area contributed by atoms with Crippen LogP contribution in [0.4, 0.5) is 27.6 Å². The number of hydrogen-bond donors (Lipinski definition) is 0. The Bertz CT molecular complexity index is 1320. The fraction of sp³-hybridized carbons (Fsp3) is 0.217. The molecular weight excluding hydrogens is 477 g/mol. The number of rotatable bonds is 5. The van der Waals surface area contributed by atoms with E-state index in [1.54, 1.807) is 24.3 Å². The maximum Gasteiger partial charge on any atom is 0.516 e. The Morgan fingerprint density at radius 1 is 0.971 bits per heavy atom. The minimum atomic E-state index is -5.52. The van der Waals surface area contributed by atoms with E-state index >= 15 is 0 Å². The largest absolute Gasteiger partial charge is 0.516 e. The second-order valence-electron chi connectivity index (χ2n) is 7.67. The van der Waals surface area contributed by atoms with Crippen LogP contribution in [0.25, 0.3) is 11.3 Å². The van der Waals surface area contributed by atoms with E-state index in [0.29, 0.717) is 29.8 Å². The van der Waals surface area contributed by atoms with Crippen molar-refractivity contribution < 1.29 is 30.4 Å². The van der Waals surface area contributed by atoms with Crippen LogP contribution >= 0.6 is 0 Å². The van der Waals surface area contributed by atoms with Crippen molar-refractivity contribution in [2.45, 2.75) is 24.4 Å². The van der Waals surface area contributed by atoms with Crippen LogP contribution in [0.15, 0.2) is 65.8 Å². The fourth-order valence-electron chi connectivity index (χ4n) is 3.71. The molecule has 2 aromatic carbocycles. The van der Waals surface area contributed by atoms with Gasteiger partial charge in [0.1, 0.15) is 11.6 Å². The van der Waals surface area contributed by atoms with Crippen LogP contribution in [0.3, 0.4) is 0 Å². The van der Waals surface area contributed by atoms with Crippen LogP contribution in [-0.2, 0) is 10.0 Å². The van der Waals surface area contributed by atoms with E-state index < -0.39 is 27.2 Å². The van der Waals surface area contributed by atoms with Crippen molar-refractivity contribution in [1.82, 2.24) is 4.98 Å². The summed E-state index contributed by atoms with van der Waals surface area (Å²) in [5, 5.41) is 0. The Balaban J connectivity index is 1.52. The van der Waals surface area contributed by atoms with Crippen molar-refractivity contribution in [3.8, 4) is 11.3 Å². The molecule has 0 aliphatic carbocycles. The number of alkyl halides is 3. The second kappa shape index (κ2) is 8.79. The lowest BCUT2D eigenvalue weighted by Crippen LogP contribution is -2.38. The maximum absolute atomic E-state index is 14.1. The van der Waals surface area contributed by atoms with Gasteiger partial charge in [-0.25, -0.2) is 8.78 Å². The molecule has 1 aliphatic heterocycles. The predicted octanol–water partition coefficient (Wildman–Crippen LogP) is 5.64. The van der Waals surface area contributed by atoms with Crippen molar-refractivity contribution >= 4 is 21.4 Å². The highest BCUT2D eigenvalue weighted by atomic mass is 32.2. The summed E-state index contributed by atoms with van der Waals surface area (Å²) in [5.74, 6) is -1.31. The topological polar surface area (TPSA) is 62.6 Å². The van der Waals surface area contributed by atoms with Crippen LogP contribution in [-0.4, -0.2) is 31.7 Å². The summed E-state index contributed by atoms with van der Waals surface area (Å²) in [5.41, 5.74) is -3.47. The van der Waals surface area contributed by atoms with Gasteiger partial charge >= 0.3 is 15.5 Å². The molecule has 3 aromatic rings. The number of halogens is 5. The molecule has 178 valence electrons. The van der Waals surface area contributed by atoms with Gasteiger partial charge in [-0.1, -0.05) is 30.3 Å². The molecule has 0 saturated carbocycles. The van der Waals surface area contributed by atoms with Crippen molar-refractivity contribution in [1.29, 1.82) is 0 Å². The number of pyridine rings is 1. The standard InChI is InChI=1S/C23H18F5N3O2S/c1-31(34(32,33)23(26,27)28)16-9-10-19(29-13-16)14-5-7-15(8-6-14)20-11-12-21(30-20)22-17(24)3-2-4-18(22)25/h2-10,13,20H,11-12H2,1H3. The third-order valence-corrected chi connectivity index (χ3v) is 7.09. The molecule has 34 heavy (non-hydrogen) atoms. The third-order valence-electron chi connectivity index (χ3n) is 5.57. The highest BCUT2D eigenvalue weighted by molar-refractivity contribution is 7.93. The summed E-state index contributed by atoms with van der Waals surface area (Å²) < 4.78 is 89.6. The monoisotopic (exact) mass is 495 g/mol. The highest BCUT2D eigenvalue weighted by Gasteiger charge is 2.49. The smallest absolute Gasteiger partial charge is 0.281 e. The van der Waals surface area contributed by atoms with E-state index in [9.17, 15) is 30.4 Å².